The predicted molar refractivity (Wildman–Crippen MR) is 94.7 cm³/mol. The van der Waals surface area contributed by atoms with Gasteiger partial charge in [-0.25, -0.2) is 9.48 Å². The van der Waals surface area contributed by atoms with Crippen molar-refractivity contribution in [3.63, 3.8) is 0 Å². The average molecular weight is 372 g/mol. The summed E-state index contributed by atoms with van der Waals surface area (Å²) in [6.45, 7) is 5.96. The normalized spacial score (nSPS) is 24.7. The smallest absolute Gasteiger partial charge is 0.304 e. The van der Waals surface area contributed by atoms with Gasteiger partial charge in [-0.2, -0.15) is 22.1 Å². The van der Waals surface area contributed by atoms with Crippen LogP contribution in [0.3, 0.4) is 0 Å². The molecule has 0 bridgehead atoms. The SMILES string of the molecule is CCn1c([C@H]2CCCN(S(=O)(=O)N3CCN(C)CC3)C2)nn(C)c1=O. The van der Waals surface area contributed by atoms with Crippen molar-refractivity contribution in [3.8, 4) is 0 Å². The maximum atomic E-state index is 13.0. The van der Waals surface area contributed by atoms with Crippen LogP contribution in [0.4, 0.5) is 0 Å². The van der Waals surface area contributed by atoms with Crippen LogP contribution in [0, 0.1) is 0 Å². The largest absolute Gasteiger partial charge is 0.345 e. The molecule has 1 aromatic heterocycles. The van der Waals surface area contributed by atoms with Gasteiger partial charge in [-0.15, -0.1) is 0 Å². The lowest BCUT2D eigenvalue weighted by atomic mass is 9.99. The third-order valence-electron chi connectivity index (χ3n) is 5.22. The Morgan fingerprint density at radius 1 is 1.08 bits per heavy atom. The first-order valence-corrected chi connectivity index (χ1v) is 10.3. The van der Waals surface area contributed by atoms with E-state index >= 15 is 0 Å². The fourth-order valence-corrected chi connectivity index (χ4v) is 5.35. The summed E-state index contributed by atoms with van der Waals surface area (Å²) in [5.74, 6) is 0.665. The number of rotatable bonds is 4. The number of piperidine rings is 1. The molecule has 25 heavy (non-hydrogen) atoms. The van der Waals surface area contributed by atoms with Crippen molar-refractivity contribution in [1.29, 1.82) is 0 Å². The first kappa shape index (κ1) is 18.6. The average Bonchev–Trinajstić information content (AvgIpc) is 2.90. The van der Waals surface area contributed by atoms with Crippen molar-refractivity contribution in [2.24, 2.45) is 7.05 Å². The molecule has 10 heteroatoms. The van der Waals surface area contributed by atoms with Crippen LogP contribution >= 0.6 is 0 Å². The molecule has 2 fully saturated rings. The van der Waals surface area contributed by atoms with Crippen molar-refractivity contribution in [2.75, 3.05) is 46.3 Å². The maximum absolute atomic E-state index is 13.0. The minimum atomic E-state index is -3.45. The van der Waals surface area contributed by atoms with E-state index in [9.17, 15) is 13.2 Å². The molecule has 9 nitrogen and oxygen atoms in total. The topological polar surface area (TPSA) is 83.7 Å². The van der Waals surface area contributed by atoms with Crippen molar-refractivity contribution in [3.05, 3.63) is 16.3 Å². The molecule has 142 valence electrons. The van der Waals surface area contributed by atoms with Crippen LogP contribution < -0.4 is 5.69 Å². The van der Waals surface area contributed by atoms with E-state index in [0.717, 1.165) is 25.9 Å². The number of aryl methyl sites for hydroxylation is 1. The van der Waals surface area contributed by atoms with E-state index in [0.29, 0.717) is 38.5 Å². The van der Waals surface area contributed by atoms with E-state index in [1.807, 2.05) is 14.0 Å². The Morgan fingerprint density at radius 2 is 1.76 bits per heavy atom. The summed E-state index contributed by atoms with van der Waals surface area (Å²) in [6.07, 6.45) is 1.64. The molecule has 0 N–H and O–H groups in total. The van der Waals surface area contributed by atoms with Crippen molar-refractivity contribution >= 4 is 10.2 Å². The highest BCUT2D eigenvalue weighted by molar-refractivity contribution is 7.86. The molecule has 0 saturated carbocycles. The summed E-state index contributed by atoms with van der Waals surface area (Å²) in [6, 6.07) is 0. The lowest BCUT2D eigenvalue weighted by molar-refractivity contribution is 0.204. The second-order valence-corrected chi connectivity index (χ2v) is 8.84. The highest BCUT2D eigenvalue weighted by Crippen LogP contribution is 2.28. The minimum absolute atomic E-state index is 0.0372. The van der Waals surface area contributed by atoms with Crippen LogP contribution in [0.25, 0.3) is 0 Å². The van der Waals surface area contributed by atoms with Gasteiger partial charge in [0.15, 0.2) is 0 Å². The molecule has 0 aliphatic carbocycles. The number of piperazine rings is 1. The molecular formula is C15H28N6O3S. The quantitative estimate of drug-likeness (QED) is 0.696. The van der Waals surface area contributed by atoms with E-state index in [1.54, 1.807) is 20.2 Å². The Morgan fingerprint density at radius 3 is 2.40 bits per heavy atom. The highest BCUT2D eigenvalue weighted by atomic mass is 32.2. The Balaban J connectivity index is 1.79. The van der Waals surface area contributed by atoms with E-state index in [-0.39, 0.29) is 11.6 Å². The molecule has 0 spiro atoms. The number of aromatic nitrogens is 3. The molecule has 3 heterocycles. The number of hydrogen-bond acceptors (Lipinski definition) is 5. The van der Waals surface area contributed by atoms with Gasteiger partial charge in [0, 0.05) is 58.8 Å². The molecule has 3 rings (SSSR count). The molecule has 0 radical (unpaired) electrons. The summed E-state index contributed by atoms with van der Waals surface area (Å²) in [5.41, 5.74) is -0.142. The zero-order valence-corrected chi connectivity index (χ0v) is 16.1. The van der Waals surface area contributed by atoms with E-state index < -0.39 is 10.2 Å². The molecule has 0 amide bonds. The Labute approximate surface area is 149 Å². The van der Waals surface area contributed by atoms with E-state index in [4.69, 9.17) is 0 Å². The third-order valence-corrected chi connectivity index (χ3v) is 7.22. The van der Waals surface area contributed by atoms with Gasteiger partial charge in [-0.05, 0) is 26.8 Å². The molecule has 0 unspecified atom stereocenters. The minimum Gasteiger partial charge on any atom is -0.304 e. The molecular weight excluding hydrogens is 344 g/mol. The number of likely N-dealkylation sites (N-methyl/N-ethyl adjacent to an activating group) is 1. The van der Waals surface area contributed by atoms with Crippen LogP contribution in [-0.2, 0) is 23.8 Å². The Hall–Kier alpha value is -1.23. The summed E-state index contributed by atoms with van der Waals surface area (Å²) < 4.78 is 32.1. The van der Waals surface area contributed by atoms with Crippen molar-refractivity contribution in [2.45, 2.75) is 32.2 Å². The Kier molecular flexibility index (Phi) is 5.33. The number of nitrogens with zero attached hydrogens (tertiary/aromatic N) is 6. The lowest BCUT2D eigenvalue weighted by Gasteiger charge is -2.38. The summed E-state index contributed by atoms with van der Waals surface area (Å²) in [4.78, 5) is 14.3. The maximum Gasteiger partial charge on any atom is 0.345 e. The fourth-order valence-electron chi connectivity index (χ4n) is 3.67. The molecule has 2 aliphatic rings. The highest BCUT2D eigenvalue weighted by Gasteiger charge is 2.36. The van der Waals surface area contributed by atoms with Gasteiger partial charge in [-0.1, -0.05) is 0 Å². The van der Waals surface area contributed by atoms with Gasteiger partial charge < -0.3 is 4.90 Å². The zero-order valence-electron chi connectivity index (χ0n) is 15.3. The fraction of sp³-hybridized carbons (Fsp3) is 0.867. The van der Waals surface area contributed by atoms with Crippen LogP contribution in [-0.4, -0.2) is 82.6 Å². The van der Waals surface area contributed by atoms with Gasteiger partial charge in [0.25, 0.3) is 10.2 Å². The first-order valence-electron chi connectivity index (χ1n) is 8.92. The number of hydrogen-bond donors (Lipinski definition) is 0. The van der Waals surface area contributed by atoms with E-state index in [2.05, 4.69) is 10.00 Å². The summed E-state index contributed by atoms with van der Waals surface area (Å²) in [7, 11) is 0.190. The van der Waals surface area contributed by atoms with Crippen LogP contribution in [0.5, 0.6) is 0 Å². The van der Waals surface area contributed by atoms with Crippen LogP contribution in [0.2, 0.25) is 0 Å². The zero-order chi connectivity index (χ0) is 18.2. The van der Waals surface area contributed by atoms with Crippen LogP contribution in [0.15, 0.2) is 4.79 Å². The van der Waals surface area contributed by atoms with Gasteiger partial charge in [0.1, 0.15) is 5.82 Å². The summed E-state index contributed by atoms with van der Waals surface area (Å²) in [5, 5.41) is 4.37. The molecule has 1 aromatic rings. The standard InChI is InChI=1S/C15H28N6O3S/c1-4-21-14(16-18(3)15(21)22)13-6-5-7-20(12-13)25(23,24)19-10-8-17(2)9-11-19/h13H,4-12H2,1-3H3/t13-/m0/s1. The first-order chi connectivity index (χ1) is 11.8. The second kappa shape index (κ2) is 7.18. The van der Waals surface area contributed by atoms with E-state index in [1.165, 1.54) is 4.68 Å². The van der Waals surface area contributed by atoms with Gasteiger partial charge in [0.2, 0.25) is 0 Å². The molecule has 2 saturated heterocycles. The second-order valence-electron chi connectivity index (χ2n) is 6.92. The Bertz CT molecular complexity index is 763. The van der Waals surface area contributed by atoms with Crippen molar-refractivity contribution < 1.29 is 8.42 Å². The van der Waals surface area contributed by atoms with Crippen LogP contribution in [0.1, 0.15) is 31.5 Å². The molecule has 0 aromatic carbocycles. The third kappa shape index (κ3) is 3.53. The van der Waals surface area contributed by atoms with Crippen molar-refractivity contribution in [1.82, 2.24) is 27.9 Å². The van der Waals surface area contributed by atoms with Gasteiger partial charge in [-0.3, -0.25) is 4.57 Å². The molecule has 2 aliphatic heterocycles. The van der Waals surface area contributed by atoms with Gasteiger partial charge >= 0.3 is 5.69 Å². The monoisotopic (exact) mass is 372 g/mol. The lowest BCUT2D eigenvalue weighted by Crippen LogP contribution is -2.53. The van der Waals surface area contributed by atoms with Gasteiger partial charge in [0.05, 0.1) is 0 Å². The predicted octanol–water partition coefficient (Wildman–Crippen LogP) is -0.727. The summed E-state index contributed by atoms with van der Waals surface area (Å²) >= 11 is 0. The molecule has 1 atom stereocenters.